The van der Waals surface area contributed by atoms with Crippen LogP contribution in [-0.4, -0.2) is 35.8 Å². The summed E-state index contributed by atoms with van der Waals surface area (Å²) in [5, 5.41) is 0.877. The molecule has 4 nitrogen and oxygen atoms in total. The summed E-state index contributed by atoms with van der Waals surface area (Å²) in [7, 11) is 0. The normalized spacial score (nSPS) is 16.9. The van der Waals surface area contributed by atoms with E-state index in [2.05, 4.69) is 0 Å². The van der Waals surface area contributed by atoms with Gasteiger partial charge >= 0.3 is 0 Å². The Morgan fingerprint density at radius 2 is 1.95 bits per heavy atom. The molecule has 1 saturated heterocycles. The molecule has 1 atom stereocenters. The minimum Gasteiger partial charge on any atom is -0.479 e. The zero-order valence-corrected chi connectivity index (χ0v) is 12.6. The number of piperidine rings is 1. The van der Waals surface area contributed by atoms with Crippen molar-refractivity contribution in [3.8, 4) is 5.75 Å². The number of carbonyl (C=O) groups excluding carboxylic acids is 2. The second-order valence-corrected chi connectivity index (χ2v) is 5.54. The Kier molecular flexibility index (Phi) is 4.89. The van der Waals surface area contributed by atoms with E-state index in [0.29, 0.717) is 41.7 Å². The molecular formula is C14H15Cl2NO3. The van der Waals surface area contributed by atoms with Gasteiger partial charge in [-0.1, -0.05) is 23.2 Å². The van der Waals surface area contributed by atoms with E-state index in [4.69, 9.17) is 27.9 Å². The van der Waals surface area contributed by atoms with E-state index in [1.807, 2.05) is 0 Å². The van der Waals surface area contributed by atoms with E-state index in [-0.39, 0.29) is 11.7 Å². The SMILES string of the molecule is CC(Oc1ccc(Cl)cc1Cl)C(=O)N1CCC(=O)CC1. The number of hydrogen-bond donors (Lipinski definition) is 0. The van der Waals surface area contributed by atoms with Crippen LogP contribution in [0.2, 0.25) is 10.0 Å². The van der Waals surface area contributed by atoms with Crippen LogP contribution in [-0.2, 0) is 9.59 Å². The van der Waals surface area contributed by atoms with Gasteiger partial charge in [0.2, 0.25) is 0 Å². The van der Waals surface area contributed by atoms with Gasteiger partial charge in [0.1, 0.15) is 11.5 Å². The molecule has 1 fully saturated rings. The summed E-state index contributed by atoms with van der Waals surface area (Å²) in [6.07, 6.45) is 0.183. The molecule has 1 aromatic rings. The Morgan fingerprint density at radius 1 is 1.30 bits per heavy atom. The van der Waals surface area contributed by atoms with Crippen molar-refractivity contribution in [3.63, 3.8) is 0 Å². The van der Waals surface area contributed by atoms with Gasteiger partial charge < -0.3 is 9.64 Å². The molecule has 0 saturated carbocycles. The van der Waals surface area contributed by atoms with E-state index < -0.39 is 6.10 Å². The van der Waals surface area contributed by atoms with Crippen LogP contribution in [0, 0.1) is 0 Å². The molecule has 0 radical (unpaired) electrons. The molecular weight excluding hydrogens is 301 g/mol. The Morgan fingerprint density at radius 3 is 2.55 bits per heavy atom. The monoisotopic (exact) mass is 315 g/mol. The number of rotatable bonds is 3. The number of hydrogen-bond acceptors (Lipinski definition) is 3. The maximum atomic E-state index is 12.2. The third-order valence-corrected chi connectivity index (χ3v) is 3.71. The molecule has 0 aliphatic carbocycles. The largest absolute Gasteiger partial charge is 0.479 e. The van der Waals surface area contributed by atoms with Crippen molar-refractivity contribution in [2.24, 2.45) is 0 Å². The van der Waals surface area contributed by atoms with E-state index in [0.717, 1.165) is 0 Å². The van der Waals surface area contributed by atoms with E-state index in [9.17, 15) is 9.59 Å². The number of carbonyl (C=O) groups is 2. The zero-order valence-electron chi connectivity index (χ0n) is 11.1. The molecule has 0 N–H and O–H groups in total. The molecule has 1 unspecified atom stereocenters. The van der Waals surface area contributed by atoms with Gasteiger partial charge in [0.25, 0.3) is 5.91 Å². The first kappa shape index (κ1) is 15.1. The Bertz CT molecular complexity index is 523. The van der Waals surface area contributed by atoms with Gasteiger partial charge in [-0.15, -0.1) is 0 Å². The van der Waals surface area contributed by atoms with Crippen molar-refractivity contribution in [1.29, 1.82) is 0 Å². The lowest BCUT2D eigenvalue weighted by Gasteiger charge is -2.28. The van der Waals surface area contributed by atoms with Crippen molar-refractivity contribution in [2.45, 2.75) is 25.9 Å². The molecule has 2 rings (SSSR count). The molecule has 0 spiro atoms. The van der Waals surface area contributed by atoms with Gasteiger partial charge in [-0.05, 0) is 25.1 Å². The topological polar surface area (TPSA) is 46.6 Å². The molecule has 108 valence electrons. The van der Waals surface area contributed by atoms with Gasteiger partial charge in [0, 0.05) is 31.0 Å². The van der Waals surface area contributed by atoms with Crippen LogP contribution >= 0.6 is 23.2 Å². The van der Waals surface area contributed by atoms with Crippen LogP contribution < -0.4 is 4.74 Å². The fourth-order valence-corrected chi connectivity index (χ4v) is 2.50. The number of amides is 1. The lowest BCUT2D eigenvalue weighted by atomic mass is 10.1. The van der Waals surface area contributed by atoms with Crippen LogP contribution in [0.5, 0.6) is 5.75 Å². The highest BCUT2D eigenvalue weighted by Crippen LogP contribution is 2.28. The molecule has 6 heteroatoms. The van der Waals surface area contributed by atoms with Crippen LogP contribution in [0.25, 0.3) is 0 Å². The third-order valence-electron chi connectivity index (χ3n) is 3.18. The van der Waals surface area contributed by atoms with Gasteiger partial charge in [0.05, 0.1) is 5.02 Å². The van der Waals surface area contributed by atoms with Gasteiger partial charge in [-0.25, -0.2) is 0 Å². The van der Waals surface area contributed by atoms with E-state index in [1.54, 1.807) is 30.0 Å². The van der Waals surface area contributed by atoms with Gasteiger partial charge in [0.15, 0.2) is 6.10 Å². The van der Waals surface area contributed by atoms with Gasteiger partial charge in [-0.2, -0.15) is 0 Å². The second-order valence-electron chi connectivity index (χ2n) is 4.70. The van der Waals surface area contributed by atoms with Crippen molar-refractivity contribution in [1.82, 2.24) is 4.90 Å². The van der Waals surface area contributed by atoms with Gasteiger partial charge in [-0.3, -0.25) is 9.59 Å². The highest BCUT2D eigenvalue weighted by Gasteiger charge is 2.26. The predicted molar refractivity (Wildman–Crippen MR) is 77.4 cm³/mol. The standard InChI is InChI=1S/C14H15Cl2NO3/c1-9(14(19)17-6-4-11(18)5-7-17)20-13-3-2-10(15)8-12(13)16/h2-3,8-9H,4-7H2,1H3. The molecule has 1 aliphatic heterocycles. The first-order valence-electron chi connectivity index (χ1n) is 6.39. The third kappa shape index (κ3) is 3.64. The highest BCUT2D eigenvalue weighted by molar-refractivity contribution is 6.35. The Hall–Kier alpha value is -1.26. The summed E-state index contributed by atoms with van der Waals surface area (Å²) >= 11 is 11.8. The zero-order chi connectivity index (χ0) is 14.7. The summed E-state index contributed by atoms with van der Waals surface area (Å²) in [5.41, 5.74) is 0. The second kappa shape index (κ2) is 6.46. The lowest BCUT2D eigenvalue weighted by Crippen LogP contribution is -2.44. The minimum absolute atomic E-state index is 0.136. The molecule has 20 heavy (non-hydrogen) atoms. The lowest BCUT2D eigenvalue weighted by molar-refractivity contribution is -0.140. The Balaban J connectivity index is 1.98. The fourth-order valence-electron chi connectivity index (χ4n) is 2.05. The molecule has 1 amide bonds. The number of likely N-dealkylation sites (tertiary alicyclic amines) is 1. The summed E-state index contributed by atoms with van der Waals surface area (Å²) in [4.78, 5) is 25.0. The summed E-state index contributed by atoms with van der Waals surface area (Å²) < 4.78 is 5.58. The number of ketones is 1. The molecule has 0 bridgehead atoms. The average Bonchev–Trinajstić information content (AvgIpc) is 2.42. The molecule has 0 aromatic heterocycles. The number of ether oxygens (including phenoxy) is 1. The predicted octanol–water partition coefficient (Wildman–Crippen LogP) is 2.95. The molecule has 1 aromatic carbocycles. The number of Topliss-reactive ketones (excluding diaryl/α,β-unsaturated/α-hetero) is 1. The smallest absolute Gasteiger partial charge is 0.263 e. The van der Waals surface area contributed by atoms with E-state index >= 15 is 0 Å². The van der Waals surface area contributed by atoms with Crippen LogP contribution in [0.4, 0.5) is 0 Å². The van der Waals surface area contributed by atoms with Crippen LogP contribution in [0.1, 0.15) is 19.8 Å². The van der Waals surface area contributed by atoms with Crippen molar-refractivity contribution >= 4 is 34.9 Å². The average molecular weight is 316 g/mol. The first-order chi connectivity index (χ1) is 9.47. The molecule has 1 heterocycles. The summed E-state index contributed by atoms with van der Waals surface area (Å²) in [6, 6.07) is 4.85. The van der Waals surface area contributed by atoms with Crippen molar-refractivity contribution in [2.75, 3.05) is 13.1 Å². The Labute approximate surface area is 127 Å². The summed E-state index contributed by atoms with van der Waals surface area (Å²) in [5.74, 6) is 0.483. The minimum atomic E-state index is -0.651. The maximum Gasteiger partial charge on any atom is 0.263 e. The van der Waals surface area contributed by atoms with Crippen molar-refractivity contribution < 1.29 is 14.3 Å². The highest BCUT2D eigenvalue weighted by atomic mass is 35.5. The maximum absolute atomic E-state index is 12.2. The quantitative estimate of drug-likeness (QED) is 0.861. The number of halogens is 2. The van der Waals surface area contributed by atoms with E-state index in [1.165, 1.54) is 0 Å². The van der Waals surface area contributed by atoms with Crippen LogP contribution in [0.15, 0.2) is 18.2 Å². The first-order valence-corrected chi connectivity index (χ1v) is 7.15. The summed E-state index contributed by atoms with van der Waals surface area (Å²) in [6.45, 7) is 2.59. The van der Waals surface area contributed by atoms with Crippen molar-refractivity contribution in [3.05, 3.63) is 28.2 Å². The number of benzene rings is 1. The molecule has 1 aliphatic rings. The van der Waals surface area contributed by atoms with Crippen LogP contribution in [0.3, 0.4) is 0 Å². The fraction of sp³-hybridized carbons (Fsp3) is 0.429. The number of nitrogens with zero attached hydrogens (tertiary/aromatic N) is 1.